The van der Waals surface area contributed by atoms with Gasteiger partial charge in [0.2, 0.25) is 5.91 Å². The van der Waals surface area contributed by atoms with Crippen LogP contribution >= 0.6 is 11.8 Å². The number of imide groups is 1. The van der Waals surface area contributed by atoms with E-state index in [0.29, 0.717) is 18.4 Å². The Morgan fingerprint density at radius 1 is 1.17 bits per heavy atom. The van der Waals surface area contributed by atoms with Gasteiger partial charge in [-0.05, 0) is 42.4 Å². The molecule has 2 unspecified atom stereocenters. The third-order valence-corrected chi connectivity index (χ3v) is 6.17. The first-order chi connectivity index (χ1) is 11.2. The van der Waals surface area contributed by atoms with Crippen LogP contribution in [-0.2, 0) is 17.6 Å². The van der Waals surface area contributed by atoms with E-state index in [0.717, 1.165) is 29.5 Å². The molecule has 23 heavy (non-hydrogen) atoms. The Kier molecular flexibility index (Phi) is 4.05. The van der Waals surface area contributed by atoms with Gasteiger partial charge in [0, 0.05) is 6.42 Å². The highest BCUT2D eigenvalue weighted by Gasteiger charge is 2.33. The molecule has 0 spiro atoms. The van der Waals surface area contributed by atoms with Gasteiger partial charge in [0.15, 0.2) is 0 Å². The summed E-state index contributed by atoms with van der Waals surface area (Å²) in [5.74, 6) is 1.52. The summed E-state index contributed by atoms with van der Waals surface area (Å²) in [6.07, 6.45) is 8.49. The molecule has 2 aliphatic heterocycles. The van der Waals surface area contributed by atoms with Gasteiger partial charge in [-0.3, -0.25) is 14.9 Å². The van der Waals surface area contributed by atoms with Crippen molar-refractivity contribution < 1.29 is 14.3 Å². The van der Waals surface area contributed by atoms with Gasteiger partial charge in [-0.25, -0.2) is 0 Å². The van der Waals surface area contributed by atoms with E-state index in [1.807, 2.05) is 12.1 Å². The van der Waals surface area contributed by atoms with E-state index in [9.17, 15) is 9.59 Å². The Morgan fingerprint density at radius 3 is 2.74 bits per heavy atom. The van der Waals surface area contributed by atoms with Crippen molar-refractivity contribution in [2.24, 2.45) is 5.92 Å². The lowest BCUT2D eigenvalue weighted by molar-refractivity contribution is -0.118. The number of fused-ring (bicyclic) bond motifs is 1. The number of nitrogens with one attached hydrogen (secondary N) is 1. The molecule has 0 aromatic heterocycles. The number of ether oxygens (including phenoxy) is 1. The van der Waals surface area contributed by atoms with Crippen LogP contribution in [0.25, 0.3) is 0 Å². The number of thioether (sulfide) groups is 1. The van der Waals surface area contributed by atoms with E-state index in [-0.39, 0.29) is 16.4 Å². The Hall–Kier alpha value is -1.49. The van der Waals surface area contributed by atoms with Gasteiger partial charge in [0.05, 0.1) is 5.25 Å². The molecular formula is C18H21NO3S. The average molecular weight is 331 g/mol. The van der Waals surface area contributed by atoms with E-state index in [2.05, 4.69) is 11.4 Å². The standard InChI is InChI=1S/C18H21NO3S/c20-17-16(23-18(21)19-17)9-11-6-7-14-13(8-11)10-15(22-14)12-4-2-1-3-5-12/h6-8,12,15-16H,1-5,9-10H2,(H,19,20,21). The first kappa shape index (κ1) is 15.1. The summed E-state index contributed by atoms with van der Waals surface area (Å²) in [6.45, 7) is 0. The molecule has 4 rings (SSSR count). The van der Waals surface area contributed by atoms with Gasteiger partial charge in [-0.15, -0.1) is 0 Å². The maximum Gasteiger partial charge on any atom is 0.286 e. The SMILES string of the molecule is O=C1NC(=O)C(Cc2ccc3c(c2)CC(C2CCCCC2)O3)S1. The molecule has 122 valence electrons. The highest BCUT2D eigenvalue weighted by molar-refractivity contribution is 8.15. The lowest BCUT2D eigenvalue weighted by Crippen LogP contribution is -2.26. The minimum atomic E-state index is -0.294. The summed E-state index contributed by atoms with van der Waals surface area (Å²) in [6, 6.07) is 6.22. The Balaban J connectivity index is 1.44. The fourth-order valence-corrected chi connectivity index (χ4v) is 4.83. The molecule has 4 nitrogen and oxygen atoms in total. The van der Waals surface area contributed by atoms with Crippen LogP contribution in [0.1, 0.15) is 43.2 Å². The zero-order valence-electron chi connectivity index (χ0n) is 13.0. The van der Waals surface area contributed by atoms with Crippen LogP contribution in [0.2, 0.25) is 0 Å². The van der Waals surface area contributed by atoms with Gasteiger partial charge in [0.1, 0.15) is 11.9 Å². The van der Waals surface area contributed by atoms with Crippen molar-refractivity contribution in [3.8, 4) is 5.75 Å². The molecule has 1 aromatic carbocycles. The molecule has 2 fully saturated rings. The Bertz CT molecular complexity index is 639. The van der Waals surface area contributed by atoms with Gasteiger partial charge in [0.25, 0.3) is 5.24 Å². The second kappa shape index (κ2) is 6.19. The number of carbonyl (C=O) groups is 2. The van der Waals surface area contributed by atoms with Crippen LogP contribution < -0.4 is 10.1 Å². The third-order valence-electron chi connectivity index (χ3n) is 5.19. The van der Waals surface area contributed by atoms with E-state index in [1.54, 1.807) is 0 Å². The fourth-order valence-electron chi connectivity index (χ4n) is 3.97. The maximum atomic E-state index is 11.7. The monoisotopic (exact) mass is 331 g/mol. The van der Waals surface area contributed by atoms with Crippen molar-refractivity contribution in [3.05, 3.63) is 29.3 Å². The summed E-state index contributed by atoms with van der Waals surface area (Å²) in [4.78, 5) is 23.0. The van der Waals surface area contributed by atoms with Gasteiger partial charge >= 0.3 is 0 Å². The second-order valence-electron chi connectivity index (χ2n) is 6.79. The molecule has 2 amide bonds. The van der Waals surface area contributed by atoms with Gasteiger partial charge < -0.3 is 4.74 Å². The largest absolute Gasteiger partial charge is 0.490 e. The van der Waals surface area contributed by atoms with Crippen LogP contribution in [0.15, 0.2) is 18.2 Å². The van der Waals surface area contributed by atoms with Crippen LogP contribution in [0.5, 0.6) is 5.75 Å². The van der Waals surface area contributed by atoms with E-state index in [1.165, 1.54) is 37.7 Å². The molecule has 3 aliphatic rings. The first-order valence-corrected chi connectivity index (χ1v) is 9.37. The second-order valence-corrected chi connectivity index (χ2v) is 7.96. The molecule has 1 aromatic rings. The lowest BCUT2D eigenvalue weighted by atomic mass is 9.84. The average Bonchev–Trinajstić information content (AvgIpc) is 3.11. The molecule has 2 heterocycles. The summed E-state index contributed by atoms with van der Waals surface area (Å²) < 4.78 is 6.17. The summed E-state index contributed by atoms with van der Waals surface area (Å²) in [5, 5.41) is 1.82. The van der Waals surface area contributed by atoms with E-state index >= 15 is 0 Å². The molecule has 1 aliphatic carbocycles. The highest BCUT2D eigenvalue weighted by atomic mass is 32.2. The summed E-state index contributed by atoms with van der Waals surface area (Å²) in [7, 11) is 0. The zero-order chi connectivity index (χ0) is 15.8. The number of amides is 2. The Labute approximate surface area is 140 Å². The van der Waals surface area contributed by atoms with Crippen molar-refractivity contribution in [2.75, 3.05) is 0 Å². The van der Waals surface area contributed by atoms with Gasteiger partial charge in [-0.1, -0.05) is 43.2 Å². The molecule has 0 bridgehead atoms. The smallest absolute Gasteiger partial charge is 0.286 e. The fraction of sp³-hybridized carbons (Fsp3) is 0.556. The van der Waals surface area contributed by atoms with Crippen molar-refractivity contribution in [1.82, 2.24) is 5.32 Å². The minimum absolute atomic E-state index is 0.170. The molecule has 1 saturated heterocycles. The number of carbonyl (C=O) groups excluding carboxylic acids is 2. The maximum absolute atomic E-state index is 11.7. The lowest BCUT2D eigenvalue weighted by Gasteiger charge is -2.26. The quantitative estimate of drug-likeness (QED) is 0.921. The van der Waals surface area contributed by atoms with E-state index in [4.69, 9.17) is 4.74 Å². The topological polar surface area (TPSA) is 55.4 Å². The first-order valence-electron chi connectivity index (χ1n) is 8.49. The van der Waals surface area contributed by atoms with E-state index < -0.39 is 0 Å². The van der Waals surface area contributed by atoms with Crippen molar-refractivity contribution in [1.29, 1.82) is 0 Å². The molecule has 1 N–H and O–H groups in total. The predicted octanol–water partition coefficient (Wildman–Crippen LogP) is 3.46. The van der Waals surface area contributed by atoms with Crippen LogP contribution in [-0.4, -0.2) is 22.5 Å². The normalized spacial score (nSPS) is 27.7. The van der Waals surface area contributed by atoms with Crippen LogP contribution in [0.3, 0.4) is 0 Å². The number of rotatable bonds is 3. The molecule has 2 atom stereocenters. The molecule has 0 radical (unpaired) electrons. The van der Waals surface area contributed by atoms with Crippen molar-refractivity contribution in [2.45, 2.75) is 56.3 Å². The predicted molar refractivity (Wildman–Crippen MR) is 89.8 cm³/mol. The summed E-state index contributed by atoms with van der Waals surface area (Å²) >= 11 is 1.09. The van der Waals surface area contributed by atoms with Gasteiger partial charge in [-0.2, -0.15) is 0 Å². The summed E-state index contributed by atoms with van der Waals surface area (Å²) in [5.41, 5.74) is 2.37. The third kappa shape index (κ3) is 3.11. The molecule has 5 heteroatoms. The molecular weight excluding hydrogens is 310 g/mol. The van der Waals surface area contributed by atoms with Crippen LogP contribution in [0, 0.1) is 5.92 Å². The van der Waals surface area contributed by atoms with Crippen molar-refractivity contribution in [3.63, 3.8) is 0 Å². The van der Waals surface area contributed by atoms with Crippen molar-refractivity contribution >= 4 is 22.9 Å². The Morgan fingerprint density at radius 2 is 2.00 bits per heavy atom. The molecule has 1 saturated carbocycles. The zero-order valence-corrected chi connectivity index (χ0v) is 13.9. The number of hydrogen-bond donors (Lipinski definition) is 1. The minimum Gasteiger partial charge on any atom is -0.490 e. The highest BCUT2D eigenvalue weighted by Crippen LogP contribution is 2.38. The number of hydrogen-bond acceptors (Lipinski definition) is 4. The van der Waals surface area contributed by atoms with Crippen LogP contribution in [0.4, 0.5) is 4.79 Å². The number of benzene rings is 1.